The maximum absolute atomic E-state index is 11.3. The van der Waals surface area contributed by atoms with Gasteiger partial charge in [0.2, 0.25) is 0 Å². The van der Waals surface area contributed by atoms with E-state index >= 15 is 0 Å². The van der Waals surface area contributed by atoms with Crippen molar-refractivity contribution in [2.24, 2.45) is 7.05 Å². The highest BCUT2D eigenvalue weighted by molar-refractivity contribution is 9.10. The van der Waals surface area contributed by atoms with Crippen molar-refractivity contribution >= 4 is 27.7 Å². The van der Waals surface area contributed by atoms with Gasteiger partial charge in [0.15, 0.2) is 5.16 Å². The number of halogens is 1. The molecule has 2 aromatic heterocycles. The third-order valence-corrected chi connectivity index (χ3v) is 3.60. The SMILES string of the molecule is CCCc1nc(Br)cc(Sc2n[nH]c(=O)n2C)n1. The summed E-state index contributed by atoms with van der Waals surface area (Å²) in [5.41, 5.74) is -0.237. The summed E-state index contributed by atoms with van der Waals surface area (Å²) in [6.07, 6.45) is 1.81. The maximum atomic E-state index is 11.3. The van der Waals surface area contributed by atoms with Crippen molar-refractivity contribution in [3.63, 3.8) is 0 Å². The topological polar surface area (TPSA) is 76.5 Å². The Morgan fingerprint density at radius 3 is 2.89 bits per heavy atom. The maximum Gasteiger partial charge on any atom is 0.343 e. The summed E-state index contributed by atoms with van der Waals surface area (Å²) in [7, 11) is 1.66. The molecule has 96 valence electrons. The van der Waals surface area contributed by atoms with Gasteiger partial charge in [-0.25, -0.2) is 19.9 Å². The molecule has 0 saturated heterocycles. The van der Waals surface area contributed by atoms with Crippen molar-refractivity contribution in [3.05, 3.63) is 27.0 Å². The molecule has 0 atom stereocenters. The molecule has 2 heterocycles. The zero-order valence-corrected chi connectivity index (χ0v) is 12.4. The number of aryl methyl sites for hydroxylation is 1. The first-order chi connectivity index (χ1) is 8.60. The highest BCUT2D eigenvalue weighted by Gasteiger charge is 2.09. The zero-order valence-electron chi connectivity index (χ0n) is 9.97. The molecule has 6 nitrogen and oxygen atoms in total. The van der Waals surface area contributed by atoms with Crippen molar-refractivity contribution in [1.29, 1.82) is 0 Å². The van der Waals surface area contributed by atoms with Gasteiger partial charge in [0, 0.05) is 19.5 Å². The fourth-order valence-electron chi connectivity index (χ4n) is 1.35. The average Bonchev–Trinajstić information content (AvgIpc) is 2.61. The van der Waals surface area contributed by atoms with Crippen LogP contribution >= 0.6 is 27.7 Å². The average molecular weight is 330 g/mol. The standard InChI is InChI=1S/C10H12BrN5OS/c1-3-4-7-12-6(11)5-8(13-7)18-10-15-14-9(17)16(10)2/h5H,3-4H2,1-2H3,(H,14,17). The van der Waals surface area contributed by atoms with Crippen LogP contribution in [0.2, 0.25) is 0 Å². The third-order valence-electron chi connectivity index (χ3n) is 2.23. The highest BCUT2D eigenvalue weighted by atomic mass is 79.9. The van der Waals surface area contributed by atoms with Crippen LogP contribution in [0.25, 0.3) is 0 Å². The normalized spacial score (nSPS) is 10.8. The summed E-state index contributed by atoms with van der Waals surface area (Å²) in [5.74, 6) is 0.787. The number of rotatable bonds is 4. The van der Waals surface area contributed by atoms with Gasteiger partial charge >= 0.3 is 5.69 Å². The second-order valence-corrected chi connectivity index (χ2v) is 5.47. The van der Waals surface area contributed by atoms with Crippen molar-refractivity contribution in [1.82, 2.24) is 24.7 Å². The minimum Gasteiger partial charge on any atom is -0.273 e. The van der Waals surface area contributed by atoms with E-state index in [0.717, 1.165) is 28.3 Å². The number of H-pyrrole nitrogens is 1. The molecule has 2 rings (SSSR count). The fraction of sp³-hybridized carbons (Fsp3) is 0.400. The minimum atomic E-state index is -0.237. The molecule has 0 amide bonds. The van der Waals surface area contributed by atoms with Crippen LogP contribution in [-0.2, 0) is 13.5 Å². The van der Waals surface area contributed by atoms with E-state index < -0.39 is 0 Å². The quantitative estimate of drug-likeness (QED) is 0.865. The minimum absolute atomic E-state index is 0.237. The third kappa shape index (κ3) is 2.99. The summed E-state index contributed by atoms with van der Waals surface area (Å²) in [5, 5.41) is 7.66. The highest BCUT2D eigenvalue weighted by Crippen LogP contribution is 2.24. The van der Waals surface area contributed by atoms with E-state index in [0.29, 0.717) is 5.16 Å². The van der Waals surface area contributed by atoms with E-state index in [1.165, 1.54) is 16.3 Å². The monoisotopic (exact) mass is 329 g/mol. The van der Waals surface area contributed by atoms with Gasteiger partial charge in [-0.05, 0) is 34.1 Å². The Hall–Kier alpha value is -1.15. The molecular formula is C10H12BrN5OS. The van der Waals surface area contributed by atoms with Gasteiger partial charge in [0.05, 0.1) is 0 Å². The Bertz CT molecular complexity index is 609. The van der Waals surface area contributed by atoms with Crippen LogP contribution in [0.5, 0.6) is 0 Å². The number of aromatic nitrogens is 5. The van der Waals surface area contributed by atoms with E-state index in [9.17, 15) is 4.79 Å². The van der Waals surface area contributed by atoms with Crippen LogP contribution in [0.1, 0.15) is 19.2 Å². The summed E-state index contributed by atoms with van der Waals surface area (Å²) in [6, 6.07) is 1.81. The lowest BCUT2D eigenvalue weighted by Crippen LogP contribution is -2.12. The van der Waals surface area contributed by atoms with E-state index in [-0.39, 0.29) is 5.69 Å². The number of hydrogen-bond donors (Lipinski definition) is 1. The first kappa shape index (κ1) is 13.3. The Kier molecular flexibility index (Phi) is 4.18. The summed E-state index contributed by atoms with van der Waals surface area (Å²) < 4.78 is 2.18. The molecule has 0 fully saturated rings. The molecule has 0 bridgehead atoms. The number of nitrogens with one attached hydrogen (secondary N) is 1. The lowest BCUT2D eigenvalue weighted by molar-refractivity contribution is 0.761. The van der Waals surface area contributed by atoms with Crippen LogP contribution < -0.4 is 5.69 Å². The van der Waals surface area contributed by atoms with Gasteiger partial charge in [-0.1, -0.05) is 6.92 Å². The van der Waals surface area contributed by atoms with E-state index in [1.54, 1.807) is 7.05 Å². The fourth-order valence-corrected chi connectivity index (χ4v) is 2.74. The number of aromatic amines is 1. The first-order valence-corrected chi connectivity index (χ1v) is 7.03. The van der Waals surface area contributed by atoms with Gasteiger partial charge in [0.25, 0.3) is 0 Å². The first-order valence-electron chi connectivity index (χ1n) is 5.43. The van der Waals surface area contributed by atoms with E-state index in [2.05, 4.69) is 43.0 Å². The Morgan fingerprint density at radius 1 is 1.50 bits per heavy atom. The van der Waals surface area contributed by atoms with Crippen molar-refractivity contribution < 1.29 is 0 Å². The molecule has 18 heavy (non-hydrogen) atoms. The van der Waals surface area contributed by atoms with Crippen LogP contribution in [0, 0.1) is 0 Å². The van der Waals surface area contributed by atoms with Crippen LogP contribution in [-0.4, -0.2) is 24.7 Å². The zero-order chi connectivity index (χ0) is 13.1. The van der Waals surface area contributed by atoms with Crippen molar-refractivity contribution in [2.75, 3.05) is 0 Å². The van der Waals surface area contributed by atoms with Gasteiger partial charge in [-0.3, -0.25) is 4.57 Å². The molecule has 0 aliphatic rings. The number of nitrogens with zero attached hydrogens (tertiary/aromatic N) is 4. The molecule has 8 heteroatoms. The van der Waals surface area contributed by atoms with Crippen LogP contribution in [0.4, 0.5) is 0 Å². The Morgan fingerprint density at radius 2 is 2.28 bits per heavy atom. The largest absolute Gasteiger partial charge is 0.343 e. The molecule has 0 aliphatic heterocycles. The van der Waals surface area contributed by atoms with Gasteiger partial charge < -0.3 is 0 Å². The Balaban J connectivity index is 2.28. The molecule has 0 spiro atoms. The van der Waals surface area contributed by atoms with Gasteiger partial charge in [-0.2, -0.15) is 0 Å². The molecule has 0 unspecified atom stereocenters. The molecular weight excluding hydrogens is 318 g/mol. The van der Waals surface area contributed by atoms with Gasteiger partial charge in [0.1, 0.15) is 15.5 Å². The lowest BCUT2D eigenvalue weighted by Gasteiger charge is -2.03. The summed E-state index contributed by atoms with van der Waals surface area (Å²) in [4.78, 5) is 20.0. The smallest absolute Gasteiger partial charge is 0.273 e. The molecule has 0 saturated carbocycles. The Labute approximate surface area is 116 Å². The summed E-state index contributed by atoms with van der Waals surface area (Å²) >= 11 is 4.69. The predicted octanol–water partition coefficient (Wildman–Crippen LogP) is 1.76. The molecule has 2 aromatic rings. The summed E-state index contributed by atoms with van der Waals surface area (Å²) in [6.45, 7) is 2.08. The van der Waals surface area contributed by atoms with Crippen molar-refractivity contribution in [2.45, 2.75) is 29.9 Å². The number of hydrogen-bond acceptors (Lipinski definition) is 5. The predicted molar refractivity (Wildman–Crippen MR) is 71.7 cm³/mol. The second kappa shape index (κ2) is 5.66. The lowest BCUT2D eigenvalue weighted by atomic mass is 10.3. The molecule has 0 radical (unpaired) electrons. The van der Waals surface area contributed by atoms with Crippen LogP contribution in [0.3, 0.4) is 0 Å². The molecule has 1 N–H and O–H groups in total. The van der Waals surface area contributed by atoms with E-state index in [4.69, 9.17) is 0 Å². The van der Waals surface area contributed by atoms with E-state index in [1.807, 2.05) is 6.07 Å². The molecule has 0 aliphatic carbocycles. The van der Waals surface area contributed by atoms with Crippen molar-refractivity contribution in [3.8, 4) is 0 Å². The second-order valence-electron chi connectivity index (χ2n) is 3.67. The van der Waals surface area contributed by atoms with Crippen LogP contribution in [0.15, 0.2) is 25.6 Å². The molecule has 0 aromatic carbocycles. The van der Waals surface area contributed by atoms with Gasteiger partial charge in [-0.15, -0.1) is 5.10 Å².